The average Bonchev–Trinajstić information content (AvgIpc) is 2.32. The van der Waals surface area contributed by atoms with Crippen LogP contribution < -0.4 is 10.2 Å². The van der Waals surface area contributed by atoms with Crippen molar-refractivity contribution in [3.63, 3.8) is 0 Å². The van der Waals surface area contributed by atoms with Crippen LogP contribution in [0.4, 0.5) is 5.69 Å². The Morgan fingerprint density at radius 1 is 1.41 bits per heavy atom. The first-order valence-electron chi connectivity index (χ1n) is 6.30. The van der Waals surface area contributed by atoms with Crippen LogP contribution in [0.2, 0.25) is 0 Å². The lowest BCUT2D eigenvalue weighted by molar-refractivity contribution is 0.338. The molecule has 1 aromatic rings. The summed E-state index contributed by atoms with van der Waals surface area (Å²) in [5, 5.41) is 3.41. The molecule has 1 heterocycles. The maximum absolute atomic E-state index is 3.66. The highest BCUT2D eigenvalue weighted by atomic mass is 79.9. The number of aryl methyl sites for hydroxylation is 1. The minimum atomic E-state index is 0.662. The monoisotopic (exact) mass is 296 g/mol. The molecule has 0 aliphatic carbocycles. The van der Waals surface area contributed by atoms with Gasteiger partial charge in [0.05, 0.1) is 5.69 Å². The topological polar surface area (TPSA) is 15.3 Å². The minimum Gasteiger partial charge on any atom is -0.370 e. The Balaban J connectivity index is 2.16. The summed E-state index contributed by atoms with van der Waals surface area (Å²) in [7, 11) is 2.07. The van der Waals surface area contributed by atoms with Gasteiger partial charge in [0.1, 0.15) is 0 Å². The molecule has 3 heteroatoms. The molecule has 2 atom stereocenters. The Hall–Kier alpha value is -0.540. The Morgan fingerprint density at radius 2 is 2.18 bits per heavy atom. The zero-order valence-electron chi connectivity index (χ0n) is 10.8. The molecule has 0 bridgehead atoms. The molecule has 1 saturated heterocycles. The van der Waals surface area contributed by atoms with Crippen molar-refractivity contribution >= 4 is 21.6 Å². The zero-order chi connectivity index (χ0) is 12.4. The van der Waals surface area contributed by atoms with Gasteiger partial charge in [-0.1, -0.05) is 13.0 Å². The third kappa shape index (κ3) is 2.83. The SMILES string of the molecule is CNC1CCN(c2cc(C)ccc2Br)CC1C. The highest BCUT2D eigenvalue weighted by molar-refractivity contribution is 9.10. The second-order valence-corrected chi connectivity index (χ2v) is 5.92. The molecule has 0 aromatic heterocycles. The summed E-state index contributed by atoms with van der Waals surface area (Å²) in [6.07, 6.45) is 1.22. The van der Waals surface area contributed by atoms with Crippen LogP contribution in [-0.4, -0.2) is 26.2 Å². The summed E-state index contributed by atoms with van der Waals surface area (Å²) in [6.45, 7) is 6.75. The van der Waals surface area contributed by atoms with Crippen molar-refractivity contribution < 1.29 is 0 Å². The number of rotatable bonds is 2. The van der Waals surface area contributed by atoms with Gasteiger partial charge in [-0.15, -0.1) is 0 Å². The fourth-order valence-corrected chi connectivity index (χ4v) is 3.16. The van der Waals surface area contributed by atoms with Crippen LogP contribution in [0.25, 0.3) is 0 Å². The van der Waals surface area contributed by atoms with Crippen LogP contribution in [0, 0.1) is 12.8 Å². The summed E-state index contributed by atoms with van der Waals surface area (Å²) in [5.41, 5.74) is 2.66. The first-order valence-corrected chi connectivity index (χ1v) is 7.09. The molecule has 0 radical (unpaired) electrons. The van der Waals surface area contributed by atoms with Crippen LogP contribution in [-0.2, 0) is 0 Å². The maximum Gasteiger partial charge on any atom is 0.0513 e. The number of nitrogens with zero attached hydrogens (tertiary/aromatic N) is 1. The van der Waals surface area contributed by atoms with E-state index in [1.165, 1.54) is 22.1 Å². The van der Waals surface area contributed by atoms with Crippen LogP contribution in [0.5, 0.6) is 0 Å². The highest BCUT2D eigenvalue weighted by Crippen LogP contribution is 2.30. The Bertz CT molecular complexity index is 392. The Kier molecular flexibility index (Phi) is 4.10. The van der Waals surface area contributed by atoms with E-state index in [4.69, 9.17) is 0 Å². The summed E-state index contributed by atoms with van der Waals surface area (Å²) < 4.78 is 1.21. The van der Waals surface area contributed by atoms with Crippen molar-refractivity contribution in [2.24, 2.45) is 5.92 Å². The van der Waals surface area contributed by atoms with Gasteiger partial charge in [0.15, 0.2) is 0 Å². The number of piperidine rings is 1. The van der Waals surface area contributed by atoms with E-state index >= 15 is 0 Å². The van der Waals surface area contributed by atoms with Gasteiger partial charge in [-0.3, -0.25) is 0 Å². The van der Waals surface area contributed by atoms with Gasteiger partial charge in [-0.25, -0.2) is 0 Å². The van der Waals surface area contributed by atoms with Crippen molar-refractivity contribution in [1.82, 2.24) is 5.32 Å². The van der Waals surface area contributed by atoms with E-state index in [-0.39, 0.29) is 0 Å². The lowest BCUT2D eigenvalue weighted by atomic mass is 9.93. The lowest BCUT2D eigenvalue weighted by Crippen LogP contribution is -2.47. The van der Waals surface area contributed by atoms with Gasteiger partial charge >= 0.3 is 0 Å². The molecule has 0 amide bonds. The number of hydrogen-bond donors (Lipinski definition) is 1. The largest absolute Gasteiger partial charge is 0.370 e. The van der Waals surface area contributed by atoms with Gasteiger partial charge in [-0.2, -0.15) is 0 Å². The van der Waals surface area contributed by atoms with E-state index in [2.05, 4.69) is 65.2 Å². The normalized spacial score (nSPS) is 25.1. The molecule has 1 N–H and O–H groups in total. The lowest BCUT2D eigenvalue weighted by Gasteiger charge is -2.38. The molecule has 1 aliphatic heterocycles. The Labute approximate surface area is 113 Å². The first-order chi connectivity index (χ1) is 8.11. The smallest absolute Gasteiger partial charge is 0.0513 e. The number of anilines is 1. The standard InChI is InChI=1S/C14H21BrN2/c1-10-4-5-12(15)14(8-10)17-7-6-13(16-3)11(2)9-17/h4-5,8,11,13,16H,6-7,9H2,1-3H3. The molecular formula is C14H21BrN2. The third-order valence-corrected chi connectivity index (χ3v) is 4.39. The van der Waals surface area contributed by atoms with Gasteiger partial charge in [0, 0.05) is 23.6 Å². The summed E-state index contributed by atoms with van der Waals surface area (Å²) in [5.74, 6) is 0.696. The summed E-state index contributed by atoms with van der Waals surface area (Å²) >= 11 is 3.66. The van der Waals surface area contributed by atoms with Crippen molar-refractivity contribution in [3.05, 3.63) is 28.2 Å². The third-order valence-electron chi connectivity index (χ3n) is 3.72. The van der Waals surface area contributed by atoms with Crippen molar-refractivity contribution in [3.8, 4) is 0 Å². The minimum absolute atomic E-state index is 0.662. The Morgan fingerprint density at radius 3 is 2.82 bits per heavy atom. The zero-order valence-corrected chi connectivity index (χ0v) is 12.4. The predicted molar refractivity (Wildman–Crippen MR) is 77.7 cm³/mol. The van der Waals surface area contributed by atoms with E-state index in [1.54, 1.807) is 0 Å². The van der Waals surface area contributed by atoms with Crippen LogP contribution in [0.3, 0.4) is 0 Å². The fourth-order valence-electron chi connectivity index (χ4n) is 2.66. The molecule has 1 aromatic carbocycles. The van der Waals surface area contributed by atoms with Crippen molar-refractivity contribution in [2.75, 3.05) is 25.0 Å². The first kappa shape index (κ1) is 12.9. The number of halogens is 1. The molecule has 0 saturated carbocycles. The number of nitrogens with one attached hydrogen (secondary N) is 1. The molecular weight excluding hydrogens is 276 g/mol. The van der Waals surface area contributed by atoms with Gasteiger partial charge in [-0.05, 0) is 59.9 Å². The van der Waals surface area contributed by atoms with E-state index < -0.39 is 0 Å². The average molecular weight is 297 g/mol. The molecule has 2 rings (SSSR count). The van der Waals surface area contributed by atoms with E-state index in [9.17, 15) is 0 Å². The predicted octanol–water partition coefficient (Wildman–Crippen LogP) is 3.19. The van der Waals surface area contributed by atoms with Crippen LogP contribution in [0.15, 0.2) is 22.7 Å². The fraction of sp³-hybridized carbons (Fsp3) is 0.571. The molecule has 94 valence electrons. The van der Waals surface area contributed by atoms with Crippen LogP contribution >= 0.6 is 15.9 Å². The summed E-state index contributed by atoms with van der Waals surface area (Å²) in [6, 6.07) is 7.24. The molecule has 2 unspecified atom stereocenters. The van der Waals surface area contributed by atoms with E-state index in [0.717, 1.165) is 13.1 Å². The van der Waals surface area contributed by atoms with Gasteiger partial charge < -0.3 is 10.2 Å². The van der Waals surface area contributed by atoms with E-state index in [0.29, 0.717) is 12.0 Å². The second-order valence-electron chi connectivity index (χ2n) is 5.06. The van der Waals surface area contributed by atoms with E-state index in [1.807, 2.05) is 0 Å². The second kappa shape index (κ2) is 5.40. The van der Waals surface area contributed by atoms with Crippen molar-refractivity contribution in [1.29, 1.82) is 0 Å². The molecule has 1 aliphatic rings. The number of hydrogen-bond acceptors (Lipinski definition) is 2. The highest BCUT2D eigenvalue weighted by Gasteiger charge is 2.25. The maximum atomic E-state index is 3.66. The molecule has 0 spiro atoms. The van der Waals surface area contributed by atoms with Gasteiger partial charge in [0.25, 0.3) is 0 Å². The quantitative estimate of drug-likeness (QED) is 0.902. The number of benzene rings is 1. The molecule has 1 fully saturated rings. The van der Waals surface area contributed by atoms with Crippen molar-refractivity contribution in [2.45, 2.75) is 26.3 Å². The molecule has 2 nitrogen and oxygen atoms in total. The van der Waals surface area contributed by atoms with Crippen LogP contribution in [0.1, 0.15) is 18.9 Å². The molecule has 17 heavy (non-hydrogen) atoms. The summed E-state index contributed by atoms with van der Waals surface area (Å²) in [4.78, 5) is 2.50. The van der Waals surface area contributed by atoms with Gasteiger partial charge in [0.2, 0.25) is 0 Å².